The molecule has 1 heterocycles. The van der Waals surface area contributed by atoms with Crippen LogP contribution in [0.2, 0.25) is 5.02 Å². The Morgan fingerprint density at radius 1 is 1.12 bits per heavy atom. The lowest BCUT2D eigenvalue weighted by Gasteiger charge is -2.25. The van der Waals surface area contributed by atoms with E-state index in [0.717, 1.165) is 23.5 Å². The highest BCUT2D eigenvalue weighted by Gasteiger charge is 2.39. The molecule has 0 spiro atoms. The summed E-state index contributed by atoms with van der Waals surface area (Å²) in [6.45, 7) is 0.169. The Bertz CT molecular complexity index is 1140. The van der Waals surface area contributed by atoms with Gasteiger partial charge in [-0.1, -0.05) is 60.5 Å². The maximum absolute atomic E-state index is 14.2. The summed E-state index contributed by atoms with van der Waals surface area (Å²) in [5, 5.41) is 10.7. The van der Waals surface area contributed by atoms with E-state index in [1.165, 1.54) is 4.90 Å². The standard InChI is InChI=1S/C26H26ClF3N2O2/c1-31(16-19-8-5-9-22(19)33)25(34)24-21(18-10-12-20(27)13-11-18)14-23(26(28,29)30)32(24)15-17-6-3-2-4-7-17/h2-4,6-7,10-14,19,22,33H,5,8-9,15-16H2,1H3/t19?,22-/m1/s1. The number of aromatic nitrogens is 1. The highest BCUT2D eigenvalue weighted by Crippen LogP contribution is 2.38. The second-order valence-electron chi connectivity index (χ2n) is 8.81. The van der Waals surface area contributed by atoms with Crippen molar-refractivity contribution in [1.29, 1.82) is 0 Å². The van der Waals surface area contributed by atoms with Crippen LogP contribution in [-0.4, -0.2) is 40.2 Å². The van der Waals surface area contributed by atoms with Crippen molar-refractivity contribution < 1.29 is 23.1 Å². The quantitative estimate of drug-likeness (QED) is 0.453. The maximum atomic E-state index is 14.2. The van der Waals surface area contributed by atoms with Gasteiger partial charge in [-0.3, -0.25) is 4.79 Å². The summed E-state index contributed by atoms with van der Waals surface area (Å²) < 4.78 is 43.6. The molecule has 1 aliphatic rings. The molecule has 8 heteroatoms. The van der Waals surface area contributed by atoms with Crippen LogP contribution in [0.1, 0.15) is 41.0 Å². The van der Waals surface area contributed by atoms with Gasteiger partial charge in [0.1, 0.15) is 11.4 Å². The van der Waals surface area contributed by atoms with Gasteiger partial charge in [0, 0.05) is 36.6 Å². The first-order chi connectivity index (χ1) is 16.1. The summed E-state index contributed by atoms with van der Waals surface area (Å²) >= 11 is 5.99. The third-order valence-corrected chi connectivity index (χ3v) is 6.65. The number of hydrogen-bond acceptors (Lipinski definition) is 2. The Hall–Kier alpha value is -2.77. The molecule has 0 saturated heterocycles. The number of aliphatic hydroxyl groups excluding tert-OH is 1. The van der Waals surface area contributed by atoms with Gasteiger partial charge in [0.2, 0.25) is 0 Å². The number of benzene rings is 2. The molecule has 0 aliphatic heterocycles. The molecule has 180 valence electrons. The molecular formula is C26H26ClF3N2O2. The summed E-state index contributed by atoms with van der Waals surface area (Å²) in [6, 6.07) is 16.2. The van der Waals surface area contributed by atoms with E-state index in [9.17, 15) is 23.1 Å². The second kappa shape index (κ2) is 9.84. The van der Waals surface area contributed by atoms with Gasteiger partial charge in [0.15, 0.2) is 0 Å². The van der Waals surface area contributed by atoms with Crippen molar-refractivity contribution in [2.45, 2.75) is 38.1 Å². The molecule has 1 fully saturated rings. The predicted molar refractivity (Wildman–Crippen MR) is 126 cm³/mol. The van der Waals surface area contributed by atoms with Crippen molar-refractivity contribution in [1.82, 2.24) is 9.47 Å². The molecule has 2 atom stereocenters. The van der Waals surface area contributed by atoms with E-state index < -0.39 is 23.9 Å². The minimum atomic E-state index is -4.66. The smallest absolute Gasteiger partial charge is 0.393 e. The van der Waals surface area contributed by atoms with Crippen LogP contribution in [0.25, 0.3) is 11.1 Å². The molecule has 1 N–H and O–H groups in total. The van der Waals surface area contributed by atoms with Crippen LogP contribution in [0.4, 0.5) is 13.2 Å². The molecule has 2 aromatic carbocycles. The third-order valence-electron chi connectivity index (χ3n) is 6.40. The Morgan fingerprint density at radius 2 is 1.79 bits per heavy atom. The Balaban J connectivity index is 1.84. The van der Waals surface area contributed by atoms with Crippen molar-refractivity contribution in [3.05, 3.63) is 82.6 Å². The maximum Gasteiger partial charge on any atom is 0.431 e. The summed E-state index contributed by atoms with van der Waals surface area (Å²) in [6.07, 6.45) is -2.85. The van der Waals surface area contributed by atoms with E-state index >= 15 is 0 Å². The topological polar surface area (TPSA) is 45.5 Å². The van der Waals surface area contributed by atoms with Crippen molar-refractivity contribution >= 4 is 17.5 Å². The summed E-state index contributed by atoms with van der Waals surface area (Å²) in [5.74, 6) is -0.608. The lowest BCUT2D eigenvalue weighted by molar-refractivity contribution is -0.143. The minimum Gasteiger partial charge on any atom is -0.393 e. The first-order valence-electron chi connectivity index (χ1n) is 11.2. The number of carbonyl (C=O) groups is 1. The molecule has 4 rings (SSSR count). The molecule has 1 saturated carbocycles. The lowest BCUT2D eigenvalue weighted by atomic mass is 10.0. The Morgan fingerprint density at radius 3 is 2.38 bits per heavy atom. The molecule has 0 bridgehead atoms. The van der Waals surface area contributed by atoms with Crippen LogP contribution in [0.5, 0.6) is 0 Å². The van der Waals surface area contributed by atoms with E-state index in [-0.39, 0.29) is 30.3 Å². The summed E-state index contributed by atoms with van der Waals surface area (Å²) in [5.41, 5.74) is 0.393. The van der Waals surface area contributed by atoms with Crippen molar-refractivity contribution in [2.24, 2.45) is 5.92 Å². The number of amides is 1. The number of rotatable bonds is 6. The zero-order valence-corrected chi connectivity index (χ0v) is 19.5. The number of alkyl halides is 3. The van der Waals surface area contributed by atoms with Crippen LogP contribution in [-0.2, 0) is 12.7 Å². The first kappa shape index (κ1) is 24.4. The fraction of sp³-hybridized carbons (Fsp3) is 0.346. The van der Waals surface area contributed by atoms with Gasteiger partial charge in [-0.2, -0.15) is 13.2 Å². The van der Waals surface area contributed by atoms with E-state index in [2.05, 4.69) is 0 Å². The molecule has 1 unspecified atom stereocenters. The van der Waals surface area contributed by atoms with E-state index in [4.69, 9.17) is 11.6 Å². The first-order valence-corrected chi connectivity index (χ1v) is 11.6. The molecule has 3 aromatic rings. The predicted octanol–water partition coefficient (Wildman–Crippen LogP) is 6.11. The van der Waals surface area contributed by atoms with Crippen LogP contribution in [0.3, 0.4) is 0 Å². The number of carbonyl (C=O) groups excluding carboxylic acids is 1. The minimum absolute atomic E-state index is 0.0338. The van der Waals surface area contributed by atoms with E-state index in [1.54, 1.807) is 61.6 Å². The van der Waals surface area contributed by atoms with Crippen molar-refractivity contribution in [2.75, 3.05) is 13.6 Å². The zero-order chi connectivity index (χ0) is 24.5. The fourth-order valence-corrected chi connectivity index (χ4v) is 4.77. The Kier molecular flexibility index (Phi) is 7.05. The van der Waals surface area contributed by atoms with E-state index in [1.807, 2.05) is 0 Å². The van der Waals surface area contributed by atoms with Gasteiger partial charge >= 0.3 is 6.18 Å². The highest BCUT2D eigenvalue weighted by atomic mass is 35.5. The van der Waals surface area contributed by atoms with Crippen LogP contribution in [0.15, 0.2) is 60.7 Å². The molecule has 1 aliphatic carbocycles. The SMILES string of the molecule is CN(CC1CCC[C@H]1O)C(=O)c1c(-c2ccc(Cl)cc2)cc(C(F)(F)F)n1Cc1ccccc1. The van der Waals surface area contributed by atoms with Gasteiger partial charge in [-0.25, -0.2) is 0 Å². The lowest BCUT2D eigenvalue weighted by Crippen LogP contribution is -2.36. The van der Waals surface area contributed by atoms with E-state index in [0.29, 0.717) is 22.6 Å². The number of aliphatic hydroxyl groups is 1. The normalized spacial score (nSPS) is 18.3. The number of halogens is 4. The summed E-state index contributed by atoms with van der Waals surface area (Å²) in [4.78, 5) is 15.1. The second-order valence-corrected chi connectivity index (χ2v) is 9.25. The van der Waals surface area contributed by atoms with Crippen LogP contribution >= 0.6 is 11.6 Å². The average molecular weight is 491 g/mol. The van der Waals surface area contributed by atoms with Gasteiger partial charge in [-0.05, 0) is 42.2 Å². The molecule has 34 heavy (non-hydrogen) atoms. The largest absolute Gasteiger partial charge is 0.431 e. The molecule has 1 amide bonds. The third kappa shape index (κ3) is 5.15. The van der Waals surface area contributed by atoms with Gasteiger partial charge in [0.25, 0.3) is 5.91 Å². The zero-order valence-electron chi connectivity index (χ0n) is 18.7. The number of nitrogens with zero attached hydrogens (tertiary/aromatic N) is 2. The molecule has 4 nitrogen and oxygen atoms in total. The van der Waals surface area contributed by atoms with Crippen LogP contribution < -0.4 is 0 Å². The number of hydrogen-bond donors (Lipinski definition) is 1. The van der Waals surface area contributed by atoms with Crippen molar-refractivity contribution in [3.8, 4) is 11.1 Å². The van der Waals surface area contributed by atoms with Gasteiger partial charge in [0.05, 0.1) is 6.10 Å². The monoisotopic (exact) mass is 490 g/mol. The van der Waals surface area contributed by atoms with Gasteiger partial charge < -0.3 is 14.6 Å². The molecule has 1 aromatic heterocycles. The highest BCUT2D eigenvalue weighted by molar-refractivity contribution is 6.30. The fourth-order valence-electron chi connectivity index (χ4n) is 4.64. The molecular weight excluding hydrogens is 465 g/mol. The van der Waals surface area contributed by atoms with Crippen molar-refractivity contribution in [3.63, 3.8) is 0 Å². The molecule has 0 radical (unpaired) electrons. The van der Waals surface area contributed by atoms with Gasteiger partial charge in [-0.15, -0.1) is 0 Å². The van der Waals surface area contributed by atoms with Crippen LogP contribution in [0, 0.1) is 5.92 Å². The summed E-state index contributed by atoms with van der Waals surface area (Å²) in [7, 11) is 1.58. The Labute approximate surface area is 201 Å². The average Bonchev–Trinajstić information content (AvgIpc) is 3.38.